The summed E-state index contributed by atoms with van der Waals surface area (Å²) in [6.07, 6.45) is -0.446. The maximum Gasteiger partial charge on any atom is 0.332 e. The van der Waals surface area contributed by atoms with Crippen LogP contribution in [0.3, 0.4) is 0 Å². The van der Waals surface area contributed by atoms with Crippen LogP contribution in [0.15, 0.2) is 29.4 Å². The van der Waals surface area contributed by atoms with Crippen LogP contribution in [0.2, 0.25) is 0 Å². The minimum Gasteiger partial charge on any atom is -0.479 e. The number of halogens is 1. The van der Waals surface area contributed by atoms with E-state index in [1.165, 1.54) is 0 Å². The topological polar surface area (TPSA) is 178 Å². The number of nitrogens with one attached hydrogen (secondary N) is 1. The van der Waals surface area contributed by atoms with Gasteiger partial charge in [0.2, 0.25) is 0 Å². The smallest absolute Gasteiger partial charge is 0.332 e. The van der Waals surface area contributed by atoms with Crippen LogP contribution in [0.4, 0.5) is 0 Å². The summed E-state index contributed by atoms with van der Waals surface area (Å²) in [5, 5.41) is 20.3. The van der Waals surface area contributed by atoms with Gasteiger partial charge in [-0.1, -0.05) is 29.4 Å². The van der Waals surface area contributed by atoms with Crippen molar-refractivity contribution in [2.24, 2.45) is 22.4 Å². The van der Waals surface area contributed by atoms with Gasteiger partial charge in [-0.3, -0.25) is 10.2 Å². The molecule has 0 radical (unpaired) electrons. The third-order valence-corrected chi connectivity index (χ3v) is 3.88. The van der Waals surface area contributed by atoms with E-state index in [0.717, 1.165) is 5.56 Å². The number of carboxylic acid groups (broad SMARTS) is 1. The summed E-state index contributed by atoms with van der Waals surface area (Å²) in [6, 6.07) is 6.85. The molecule has 1 aromatic rings. The Morgan fingerprint density at radius 2 is 1.96 bits per heavy atom. The van der Waals surface area contributed by atoms with Crippen LogP contribution in [0, 0.1) is 5.41 Å². The van der Waals surface area contributed by atoms with Gasteiger partial charge in [-0.05, 0) is 5.56 Å². The zero-order valence-electron chi connectivity index (χ0n) is 13.3. The summed E-state index contributed by atoms with van der Waals surface area (Å²) < 4.78 is 0. The Kier molecular flexibility index (Phi) is 6.63. The Bertz CT molecular complexity index is 706. The van der Waals surface area contributed by atoms with Gasteiger partial charge in [0.25, 0.3) is 0 Å². The van der Waals surface area contributed by atoms with Gasteiger partial charge in [-0.25, -0.2) is 4.79 Å². The van der Waals surface area contributed by atoms with Crippen molar-refractivity contribution in [1.29, 1.82) is 5.41 Å². The molecule has 8 N–H and O–H groups in total. The van der Waals surface area contributed by atoms with Gasteiger partial charge in [0.15, 0.2) is 11.3 Å². The molecule has 0 bridgehead atoms. The van der Waals surface area contributed by atoms with Gasteiger partial charge in [-0.2, -0.15) is 0 Å². The molecule has 0 saturated heterocycles. The lowest BCUT2D eigenvalue weighted by Crippen LogP contribution is -2.60. The maximum atomic E-state index is 12.1. The van der Waals surface area contributed by atoms with Gasteiger partial charge in [0.1, 0.15) is 11.9 Å². The quantitative estimate of drug-likeness (QED) is 0.246. The van der Waals surface area contributed by atoms with Crippen molar-refractivity contribution < 1.29 is 19.5 Å². The molecule has 0 aromatic heterocycles. The largest absolute Gasteiger partial charge is 0.479 e. The van der Waals surface area contributed by atoms with Crippen LogP contribution in [-0.4, -0.2) is 46.6 Å². The average molecular weight is 370 g/mol. The zero-order valence-corrected chi connectivity index (χ0v) is 14.1. The maximum absolute atomic E-state index is 12.1. The lowest BCUT2D eigenvalue weighted by molar-refractivity contribution is -0.148. The second-order valence-electron chi connectivity index (χ2n) is 5.57. The van der Waals surface area contributed by atoms with Crippen molar-refractivity contribution >= 4 is 35.7 Å². The minimum atomic E-state index is -2.12. The fourth-order valence-corrected chi connectivity index (χ4v) is 2.26. The van der Waals surface area contributed by atoms with E-state index in [-0.39, 0.29) is 24.7 Å². The van der Waals surface area contributed by atoms with E-state index in [1.54, 1.807) is 24.3 Å². The van der Waals surface area contributed by atoms with Gasteiger partial charge < -0.3 is 27.1 Å². The zero-order chi connectivity index (χ0) is 17.9. The van der Waals surface area contributed by atoms with Crippen LogP contribution in [0.5, 0.6) is 0 Å². The Balaban J connectivity index is 0.00000312. The van der Waals surface area contributed by atoms with Crippen molar-refractivity contribution in [3.63, 3.8) is 0 Å². The van der Waals surface area contributed by atoms with Crippen LogP contribution in [0.25, 0.3) is 0 Å². The number of nitrogens with zero attached hydrogens (tertiary/aromatic N) is 1. The minimum absolute atomic E-state index is 0. The number of Topliss-reactive ketones (excluding diaryl/α,β-unsaturated/α-hetero) is 1. The SMILES string of the molecule is Cl.N=C(N)c1ccc(C2=NO[C@@H](CC(=O)[C@@](N)(CN)C(=O)O)C2)cc1. The molecule has 0 spiro atoms. The highest BCUT2D eigenvalue weighted by Crippen LogP contribution is 2.21. The summed E-state index contributed by atoms with van der Waals surface area (Å²) in [6.45, 7) is -0.492. The summed E-state index contributed by atoms with van der Waals surface area (Å²) >= 11 is 0. The molecule has 1 aliphatic heterocycles. The number of hydrogen-bond donors (Lipinski definition) is 5. The fraction of sp³-hybridized carbons (Fsp3) is 0.333. The van der Waals surface area contributed by atoms with Gasteiger partial charge in [0.05, 0.1) is 5.71 Å². The number of nitrogen functional groups attached to an aromatic ring is 1. The number of amidine groups is 1. The Morgan fingerprint density at radius 3 is 2.44 bits per heavy atom. The molecule has 2 atom stereocenters. The summed E-state index contributed by atoms with van der Waals surface area (Å²) in [5.41, 5.74) is 16.1. The highest BCUT2D eigenvalue weighted by molar-refractivity contribution is 6.08. The van der Waals surface area contributed by atoms with Crippen LogP contribution >= 0.6 is 12.4 Å². The van der Waals surface area contributed by atoms with E-state index in [1.807, 2.05) is 0 Å². The Labute approximate surface area is 150 Å². The van der Waals surface area contributed by atoms with Crippen molar-refractivity contribution in [2.45, 2.75) is 24.5 Å². The predicted molar refractivity (Wildman–Crippen MR) is 94.0 cm³/mol. The normalized spacial score (nSPS) is 18.3. The molecule has 0 unspecified atom stereocenters. The lowest BCUT2D eigenvalue weighted by atomic mass is 9.90. The number of benzene rings is 1. The molecule has 0 aliphatic carbocycles. The number of aliphatic carboxylic acids is 1. The highest BCUT2D eigenvalue weighted by atomic mass is 35.5. The number of hydrogen-bond acceptors (Lipinski definition) is 7. The van der Waals surface area contributed by atoms with Gasteiger partial charge in [-0.15, -0.1) is 12.4 Å². The number of rotatable bonds is 7. The summed E-state index contributed by atoms with van der Waals surface area (Å²) in [7, 11) is 0. The molecule has 136 valence electrons. The van der Waals surface area contributed by atoms with E-state index in [9.17, 15) is 9.59 Å². The van der Waals surface area contributed by atoms with Crippen molar-refractivity contribution in [1.82, 2.24) is 0 Å². The number of ketones is 1. The molecular weight excluding hydrogens is 350 g/mol. The Morgan fingerprint density at radius 1 is 1.36 bits per heavy atom. The summed E-state index contributed by atoms with van der Waals surface area (Å²) in [5.74, 6) is -2.20. The third-order valence-electron chi connectivity index (χ3n) is 3.88. The highest BCUT2D eigenvalue weighted by Gasteiger charge is 2.42. The second kappa shape index (κ2) is 8.06. The molecule has 25 heavy (non-hydrogen) atoms. The van der Waals surface area contributed by atoms with E-state index < -0.39 is 29.9 Å². The molecule has 0 saturated carbocycles. The molecule has 0 amide bonds. The van der Waals surface area contributed by atoms with Crippen molar-refractivity contribution in [2.75, 3.05) is 6.54 Å². The molecule has 9 nitrogen and oxygen atoms in total. The molecule has 10 heteroatoms. The van der Waals surface area contributed by atoms with Crippen molar-refractivity contribution in [3.8, 4) is 0 Å². The first-order chi connectivity index (χ1) is 11.3. The summed E-state index contributed by atoms with van der Waals surface area (Å²) in [4.78, 5) is 28.4. The number of oxime groups is 1. The van der Waals surface area contributed by atoms with E-state index in [4.69, 9.17) is 32.6 Å². The van der Waals surface area contributed by atoms with Crippen molar-refractivity contribution in [3.05, 3.63) is 35.4 Å². The second-order valence-corrected chi connectivity index (χ2v) is 5.57. The number of nitrogens with two attached hydrogens (primary N) is 3. The van der Waals surface area contributed by atoms with E-state index in [0.29, 0.717) is 17.7 Å². The van der Waals surface area contributed by atoms with Crippen LogP contribution < -0.4 is 17.2 Å². The first-order valence-corrected chi connectivity index (χ1v) is 7.21. The number of carbonyl (C=O) groups excluding carboxylic acids is 1. The van der Waals surface area contributed by atoms with Gasteiger partial charge >= 0.3 is 5.97 Å². The van der Waals surface area contributed by atoms with Gasteiger partial charge in [0, 0.05) is 24.9 Å². The van der Waals surface area contributed by atoms with E-state index >= 15 is 0 Å². The van der Waals surface area contributed by atoms with Crippen LogP contribution in [-0.2, 0) is 14.4 Å². The molecular formula is C15H20ClN5O4. The molecule has 2 rings (SSSR count). The standard InChI is InChI=1S/C15H19N5O4.ClH/c16-7-15(19,14(22)23)12(21)6-10-5-11(20-24-10)8-1-3-9(4-2-8)13(17)18;/h1-4,10H,5-7,16,19H2,(H3,17,18)(H,22,23);1H/t10-,15+;/m1./s1. The number of carboxylic acids is 1. The van der Waals surface area contributed by atoms with Crippen LogP contribution in [0.1, 0.15) is 24.0 Å². The monoisotopic (exact) mass is 369 g/mol. The first-order valence-electron chi connectivity index (χ1n) is 7.21. The molecule has 0 fully saturated rings. The lowest BCUT2D eigenvalue weighted by Gasteiger charge is -2.22. The number of carbonyl (C=O) groups is 2. The Hall–Kier alpha value is -2.49. The molecule has 1 aliphatic rings. The molecule has 1 aromatic carbocycles. The first kappa shape index (κ1) is 20.6. The van der Waals surface area contributed by atoms with E-state index in [2.05, 4.69) is 5.16 Å². The predicted octanol–water partition coefficient (Wildman–Crippen LogP) is -0.415. The third kappa shape index (κ3) is 4.32. The molecule has 1 heterocycles. The fourth-order valence-electron chi connectivity index (χ4n) is 2.26. The average Bonchev–Trinajstić information content (AvgIpc) is 3.02.